The molecule has 156 valence electrons. The molecule has 4 rings (SSSR count). The summed E-state index contributed by atoms with van der Waals surface area (Å²) >= 11 is 0. The van der Waals surface area contributed by atoms with Crippen LogP contribution in [0.25, 0.3) is 0 Å². The van der Waals surface area contributed by atoms with Gasteiger partial charge >= 0.3 is 6.36 Å². The van der Waals surface area contributed by atoms with E-state index in [1.165, 1.54) is 18.2 Å². The molecule has 1 unspecified atom stereocenters. The maximum atomic E-state index is 12.5. The Balaban J connectivity index is 1.57. The van der Waals surface area contributed by atoms with Crippen molar-refractivity contribution in [1.82, 2.24) is 4.98 Å². The van der Waals surface area contributed by atoms with E-state index in [9.17, 15) is 18.3 Å². The summed E-state index contributed by atoms with van der Waals surface area (Å²) in [5.41, 5.74) is 9.93. The molecule has 0 amide bonds. The molecule has 0 fully saturated rings. The maximum absolute atomic E-state index is 12.5. The molecular formula is C22H20F3N3O2. The van der Waals surface area contributed by atoms with Crippen molar-refractivity contribution >= 4 is 11.5 Å². The van der Waals surface area contributed by atoms with Crippen molar-refractivity contribution in [1.29, 1.82) is 0 Å². The lowest BCUT2D eigenvalue weighted by Crippen LogP contribution is -2.17. The summed E-state index contributed by atoms with van der Waals surface area (Å²) < 4.78 is 41.4. The van der Waals surface area contributed by atoms with Gasteiger partial charge in [0.15, 0.2) is 0 Å². The second-order valence-corrected chi connectivity index (χ2v) is 7.09. The number of aliphatic hydroxyl groups is 1. The average molecular weight is 415 g/mol. The lowest BCUT2D eigenvalue weighted by Gasteiger charge is -2.20. The zero-order valence-corrected chi connectivity index (χ0v) is 15.9. The normalized spacial score (nSPS) is 14.5. The molecule has 1 aromatic heterocycles. The van der Waals surface area contributed by atoms with E-state index < -0.39 is 12.6 Å². The fraction of sp³-hybridized carbons (Fsp3) is 0.227. The number of fused-ring (bicyclic) bond motifs is 1. The summed E-state index contributed by atoms with van der Waals surface area (Å²) in [6.07, 6.45) is -2.90. The van der Waals surface area contributed by atoms with Gasteiger partial charge in [-0.05, 0) is 59.9 Å². The molecular weight excluding hydrogens is 395 g/mol. The number of nitrogens with zero attached hydrogens (tertiary/aromatic N) is 2. The molecule has 2 heterocycles. The summed E-state index contributed by atoms with van der Waals surface area (Å²) in [4.78, 5) is 6.51. The number of benzene rings is 2. The van der Waals surface area contributed by atoms with Crippen molar-refractivity contribution in [3.05, 3.63) is 83.0 Å². The third-order valence-corrected chi connectivity index (χ3v) is 5.01. The molecule has 0 radical (unpaired) electrons. The number of hydrogen-bond acceptors (Lipinski definition) is 5. The Hall–Kier alpha value is -3.10. The Labute approximate surface area is 171 Å². The zero-order valence-electron chi connectivity index (χ0n) is 15.9. The van der Waals surface area contributed by atoms with Crippen LogP contribution in [0.4, 0.5) is 24.7 Å². The molecule has 30 heavy (non-hydrogen) atoms. The summed E-state index contributed by atoms with van der Waals surface area (Å²) in [5, 5.41) is 9.81. The smallest absolute Gasteiger partial charge is 0.406 e. The molecule has 0 bridgehead atoms. The number of pyridine rings is 1. The van der Waals surface area contributed by atoms with E-state index in [2.05, 4.69) is 9.72 Å². The van der Waals surface area contributed by atoms with Crippen LogP contribution in [0.2, 0.25) is 0 Å². The predicted octanol–water partition coefficient (Wildman–Crippen LogP) is 4.21. The Morgan fingerprint density at radius 3 is 2.63 bits per heavy atom. The third kappa shape index (κ3) is 4.39. The summed E-state index contributed by atoms with van der Waals surface area (Å²) in [7, 11) is 0. The van der Waals surface area contributed by atoms with Crippen LogP contribution in [0.1, 0.15) is 28.5 Å². The van der Waals surface area contributed by atoms with Crippen LogP contribution in [0.3, 0.4) is 0 Å². The number of aliphatic hydroxyl groups excluding tert-OH is 1. The molecule has 0 saturated carbocycles. The quantitative estimate of drug-likeness (QED) is 0.611. The van der Waals surface area contributed by atoms with E-state index in [0.29, 0.717) is 24.1 Å². The van der Waals surface area contributed by atoms with E-state index in [4.69, 9.17) is 5.73 Å². The van der Waals surface area contributed by atoms with E-state index in [1.54, 1.807) is 12.3 Å². The lowest BCUT2D eigenvalue weighted by molar-refractivity contribution is -0.274. The number of rotatable bonds is 5. The molecule has 2 aromatic carbocycles. The van der Waals surface area contributed by atoms with Gasteiger partial charge < -0.3 is 20.5 Å². The van der Waals surface area contributed by atoms with Gasteiger partial charge in [-0.2, -0.15) is 0 Å². The van der Waals surface area contributed by atoms with Gasteiger partial charge in [-0.15, -0.1) is 13.2 Å². The molecule has 8 heteroatoms. The molecule has 0 spiro atoms. The molecule has 1 aliphatic heterocycles. The van der Waals surface area contributed by atoms with Crippen LogP contribution >= 0.6 is 0 Å². The fourth-order valence-corrected chi connectivity index (χ4v) is 3.78. The fourth-order valence-electron chi connectivity index (χ4n) is 3.78. The van der Waals surface area contributed by atoms with Gasteiger partial charge in [0, 0.05) is 24.0 Å². The summed E-state index contributed by atoms with van der Waals surface area (Å²) in [6, 6.07) is 15.3. The third-order valence-electron chi connectivity index (χ3n) is 5.01. The van der Waals surface area contributed by atoms with E-state index in [1.807, 2.05) is 35.2 Å². The minimum absolute atomic E-state index is 0.240. The SMILES string of the molecule is NC(O)c1cccc2c1CCN2c1cc(Cc2cccc(OC(F)(F)F)c2)ccn1. The van der Waals surface area contributed by atoms with Crippen LogP contribution in [0, 0.1) is 0 Å². The standard InChI is InChI=1S/C22H20F3N3O2/c23-22(24,25)30-16-4-1-3-14(12-16)11-15-7-9-27-20(13-15)28-10-8-17-18(21(26)29)5-2-6-19(17)28/h1-7,9,12-13,21,29H,8,10-11,26H2. The van der Waals surface area contributed by atoms with Gasteiger partial charge in [0.2, 0.25) is 0 Å². The first-order valence-electron chi connectivity index (χ1n) is 9.43. The number of aromatic nitrogens is 1. The molecule has 1 atom stereocenters. The van der Waals surface area contributed by atoms with E-state index >= 15 is 0 Å². The van der Waals surface area contributed by atoms with Crippen molar-refractivity contribution < 1.29 is 23.0 Å². The van der Waals surface area contributed by atoms with Crippen molar-refractivity contribution in [2.24, 2.45) is 5.73 Å². The zero-order chi connectivity index (χ0) is 21.3. The molecule has 5 nitrogen and oxygen atoms in total. The first kappa shape index (κ1) is 20.2. The number of anilines is 2. The molecule has 3 aromatic rings. The Kier molecular flexibility index (Phi) is 5.36. The van der Waals surface area contributed by atoms with Gasteiger partial charge in [0.05, 0.1) is 0 Å². The Bertz CT molecular complexity index is 1050. The number of ether oxygens (including phenoxy) is 1. The van der Waals surface area contributed by atoms with Gasteiger partial charge in [-0.3, -0.25) is 0 Å². The predicted molar refractivity (Wildman–Crippen MR) is 106 cm³/mol. The lowest BCUT2D eigenvalue weighted by atomic mass is 10.0. The summed E-state index contributed by atoms with van der Waals surface area (Å²) in [5.74, 6) is 0.494. The number of nitrogens with two attached hydrogens (primary N) is 1. The second-order valence-electron chi connectivity index (χ2n) is 7.09. The van der Waals surface area contributed by atoms with Crippen molar-refractivity contribution in [3.63, 3.8) is 0 Å². The van der Waals surface area contributed by atoms with Crippen molar-refractivity contribution in [2.75, 3.05) is 11.4 Å². The van der Waals surface area contributed by atoms with E-state index in [-0.39, 0.29) is 5.75 Å². The molecule has 1 aliphatic rings. The molecule has 0 aliphatic carbocycles. The van der Waals surface area contributed by atoms with Crippen molar-refractivity contribution in [2.45, 2.75) is 25.4 Å². The molecule has 0 saturated heterocycles. The highest BCUT2D eigenvalue weighted by Gasteiger charge is 2.31. The number of alkyl halides is 3. The van der Waals surface area contributed by atoms with Crippen LogP contribution in [0.5, 0.6) is 5.75 Å². The van der Waals surface area contributed by atoms with Crippen LogP contribution in [-0.2, 0) is 12.8 Å². The van der Waals surface area contributed by atoms with Gasteiger partial charge in [0.1, 0.15) is 17.8 Å². The highest BCUT2D eigenvalue weighted by atomic mass is 19.4. The minimum atomic E-state index is -4.72. The molecule has 3 N–H and O–H groups in total. The maximum Gasteiger partial charge on any atom is 0.573 e. The topological polar surface area (TPSA) is 71.6 Å². The minimum Gasteiger partial charge on any atom is -0.406 e. The Morgan fingerprint density at radius 1 is 1.10 bits per heavy atom. The van der Waals surface area contributed by atoms with Crippen molar-refractivity contribution in [3.8, 4) is 5.75 Å². The highest BCUT2D eigenvalue weighted by Crippen LogP contribution is 2.37. The van der Waals surface area contributed by atoms with Gasteiger partial charge in [0.25, 0.3) is 0 Å². The van der Waals surface area contributed by atoms with Crippen LogP contribution < -0.4 is 15.4 Å². The first-order valence-corrected chi connectivity index (χ1v) is 9.43. The Morgan fingerprint density at radius 2 is 1.87 bits per heavy atom. The second kappa shape index (κ2) is 7.97. The largest absolute Gasteiger partial charge is 0.573 e. The summed E-state index contributed by atoms with van der Waals surface area (Å²) in [6.45, 7) is 0.699. The van der Waals surface area contributed by atoms with Gasteiger partial charge in [-0.1, -0.05) is 24.3 Å². The average Bonchev–Trinajstić information content (AvgIpc) is 3.11. The van der Waals surface area contributed by atoms with Crippen LogP contribution in [-0.4, -0.2) is 23.0 Å². The van der Waals surface area contributed by atoms with E-state index in [0.717, 1.165) is 29.1 Å². The van der Waals surface area contributed by atoms with Crippen LogP contribution in [0.15, 0.2) is 60.8 Å². The number of halogens is 3. The first-order chi connectivity index (χ1) is 14.3. The van der Waals surface area contributed by atoms with Gasteiger partial charge in [-0.25, -0.2) is 4.98 Å². The highest BCUT2D eigenvalue weighted by molar-refractivity contribution is 5.69. The number of hydrogen-bond donors (Lipinski definition) is 2. The monoisotopic (exact) mass is 415 g/mol.